The molecule has 0 fully saturated rings. The topological polar surface area (TPSA) is 52.1 Å². The lowest BCUT2D eigenvalue weighted by Gasteiger charge is -2.03. The number of aromatic nitrogens is 2. The minimum atomic E-state index is 0.348. The lowest BCUT2D eigenvalue weighted by molar-refractivity contribution is 0.112. The van der Waals surface area contributed by atoms with Gasteiger partial charge in [0.1, 0.15) is 0 Å². The van der Waals surface area contributed by atoms with Crippen molar-refractivity contribution in [3.05, 3.63) is 18.0 Å². The van der Waals surface area contributed by atoms with Crippen molar-refractivity contribution in [3.8, 4) is 6.01 Å². The van der Waals surface area contributed by atoms with Gasteiger partial charge in [0, 0.05) is 12.4 Å². The smallest absolute Gasteiger partial charge is 0.316 e. The zero-order chi connectivity index (χ0) is 11.6. The van der Waals surface area contributed by atoms with E-state index in [1.54, 1.807) is 0 Å². The Labute approximate surface area is 96.1 Å². The Kier molecular flexibility index (Phi) is 6.15. The molecule has 4 nitrogen and oxygen atoms in total. The van der Waals surface area contributed by atoms with Crippen LogP contribution >= 0.6 is 0 Å². The van der Waals surface area contributed by atoms with Crippen LogP contribution in [0, 0.1) is 0 Å². The molecule has 0 saturated heterocycles. The third-order valence-electron chi connectivity index (χ3n) is 2.26. The largest absolute Gasteiger partial charge is 0.463 e. The molecular weight excluding hydrogens is 204 g/mol. The monoisotopic (exact) mass is 222 g/mol. The Bertz CT molecular complexity index is 298. The summed E-state index contributed by atoms with van der Waals surface area (Å²) in [4.78, 5) is 18.2. The zero-order valence-electron chi connectivity index (χ0n) is 9.69. The molecule has 4 heteroatoms. The molecule has 1 rings (SSSR count). The maximum absolute atomic E-state index is 10.4. The van der Waals surface area contributed by atoms with Crippen molar-refractivity contribution in [2.24, 2.45) is 0 Å². The van der Waals surface area contributed by atoms with Crippen LogP contribution < -0.4 is 4.74 Å². The predicted octanol–water partition coefficient (Wildman–Crippen LogP) is 2.64. The van der Waals surface area contributed by atoms with Crippen molar-refractivity contribution < 1.29 is 9.53 Å². The molecule has 0 aliphatic carbocycles. The van der Waals surface area contributed by atoms with Gasteiger partial charge < -0.3 is 4.74 Å². The lowest BCUT2D eigenvalue weighted by atomic mass is 10.2. The normalized spacial score (nSPS) is 10.1. The number of unbranched alkanes of at least 4 members (excludes halogenated alkanes) is 4. The van der Waals surface area contributed by atoms with Gasteiger partial charge in [0.15, 0.2) is 6.29 Å². The molecule has 0 unspecified atom stereocenters. The maximum atomic E-state index is 10.4. The fraction of sp³-hybridized carbons (Fsp3) is 0.583. The molecule has 0 aliphatic heterocycles. The predicted molar refractivity (Wildman–Crippen MR) is 61.7 cm³/mol. The van der Waals surface area contributed by atoms with Gasteiger partial charge in [0.2, 0.25) is 0 Å². The van der Waals surface area contributed by atoms with E-state index in [1.165, 1.54) is 38.1 Å². The molecule has 88 valence electrons. The summed E-state index contributed by atoms with van der Waals surface area (Å²) >= 11 is 0. The van der Waals surface area contributed by atoms with Gasteiger partial charge in [0.05, 0.1) is 12.2 Å². The number of rotatable bonds is 8. The molecule has 16 heavy (non-hydrogen) atoms. The first-order valence-corrected chi connectivity index (χ1v) is 5.77. The second-order valence-corrected chi connectivity index (χ2v) is 3.68. The van der Waals surface area contributed by atoms with Crippen LogP contribution in [0.15, 0.2) is 12.4 Å². The van der Waals surface area contributed by atoms with E-state index < -0.39 is 0 Å². The molecular formula is C12H18N2O2. The molecule has 1 aromatic heterocycles. The highest BCUT2D eigenvalue weighted by Gasteiger charge is 1.97. The maximum Gasteiger partial charge on any atom is 0.316 e. The van der Waals surface area contributed by atoms with Crippen molar-refractivity contribution in [2.75, 3.05) is 6.61 Å². The number of hydrogen-bond donors (Lipinski definition) is 0. The number of nitrogens with zero attached hydrogens (tertiary/aromatic N) is 2. The minimum Gasteiger partial charge on any atom is -0.463 e. The summed E-state index contributed by atoms with van der Waals surface area (Å²) < 4.78 is 5.35. The Morgan fingerprint density at radius 1 is 1.19 bits per heavy atom. The number of aldehydes is 1. The van der Waals surface area contributed by atoms with Crippen LogP contribution in [-0.2, 0) is 0 Å². The quantitative estimate of drug-likeness (QED) is 0.501. The fourth-order valence-electron chi connectivity index (χ4n) is 1.33. The summed E-state index contributed by atoms with van der Waals surface area (Å²) in [6.07, 6.45) is 9.64. The summed E-state index contributed by atoms with van der Waals surface area (Å²) in [5, 5.41) is 0. The van der Waals surface area contributed by atoms with Crippen LogP contribution in [0.2, 0.25) is 0 Å². The van der Waals surface area contributed by atoms with Gasteiger partial charge in [-0.15, -0.1) is 0 Å². The lowest BCUT2D eigenvalue weighted by Crippen LogP contribution is -2.01. The first-order valence-electron chi connectivity index (χ1n) is 5.77. The SMILES string of the molecule is CCCCCCCOc1ncc(C=O)cn1. The average Bonchev–Trinajstić information content (AvgIpc) is 2.34. The van der Waals surface area contributed by atoms with Crippen molar-refractivity contribution in [1.29, 1.82) is 0 Å². The van der Waals surface area contributed by atoms with Crippen LogP contribution in [0.3, 0.4) is 0 Å². The van der Waals surface area contributed by atoms with Crippen molar-refractivity contribution in [2.45, 2.75) is 39.0 Å². The van der Waals surface area contributed by atoms with Gasteiger partial charge in [-0.25, -0.2) is 9.97 Å². The third kappa shape index (κ3) is 4.87. The van der Waals surface area contributed by atoms with Crippen LogP contribution in [0.4, 0.5) is 0 Å². The van der Waals surface area contributed by atoms with Gasteiger partial charge in [-0.2, -0.15) is 0 Å². The second-order valence-electron chi connectivity index (χ2n) is 3.68. The van der Waals surface area contributed by atoms with Crippen molar-refractivity contribution >= 4 is 6.29 Å². The van der Waals surface area contributed by atoms with Crippen LogP contribution in [-0.4, -0.2) is 22.9 Å². The van der Waals surface area contributed by atoms with Gasteiger partial charge in [-0.05, 0) is 6.42 Å². The van der Waals surface area contributed by atoms with E-state index in [-0.39, 0.29) is 0 Å². The molecule has 0 atom stereocenters. The molecule has 0 bridgehead atoms. The highest BCUT2D eigenvalue weighted by Crippen LogP contribution is 2.05. The summed E-state index contributed by atoms with van der Waals surface area (Å²) in [7, 11) is 0. The molecule has 0 spiro atoms. The van der Waals surface area contributed by atoms with E-state index in [1.807, 2.05) is 0 Å². The van der Waals surface area contributed by atoms with Crippen LogP contribution in [0.25, 0.3) is 0 Å². The van der Waals surface area contributed by atoms with Crippen LogP contribution in [0.5, 0.6) is 6.01 Å². The zero-order valence-corrected chi connectivity index (χ0v) is 9.69. The molecule has 0 amide bonds. The molecule has 0 aromatic carbocycles. The van der Waals surface area contributed by atoms with E-state index in [2.05, 4.69) is 16.9 Å². The highest BCUT2D eigenvalue weighted by molar-refractivity contribution is 5.73. The number of carbonyl (C=O) groups excluding carboxylic acids is 1. The van der Waals surface area contributed by atoms with Crippen molar-refractivity contribution in [3.63, 3.8) is 0 Å². The van der Waals surface area contributed by atoms with Gasteiger partial charge >= 0.3 is 6.01 Å². The van der Waals surface area contributed by atoms with Gasteiger partial charge in [-0.3, -0.25) is 4.79 Å². The number of carbonyl (C=O) groups is 1. The standard InChI is InChI=1S/C12H18N2O2/c1-2-3-4-5-6-7-16-12-13-8-11(10-15)9-14-12/h8-10H,2-7H2,1H3. The first kappa shape index (κ1) is 12.6. The summed E-state index contributed by atoms with van der Waals surface area (Å²) in [6.45, 7) is 2.84. The summed E-state index contributed by atoms with van der Waals surface area (Å²) in [5.41, 5.74) is 0.468. The van der Waals surface area contributed by atoms with E-state index in [9.17, 15) is 4.79 Å². The average molecular weight is 222 g/mol. The summed E-state index contributed by atoms with van der Waals surface area (Å²) in [5.74, 6) is 0. The molecule has 1 heterocycles. The first-order chi connectivity index (χ1) is 7.86. The fourth-order valence-corrected chi connectivity index (χ4v) is 1.33. The van der Waals surface area contributed by atoms with E-state index >= 15 is 0 Å². The molecule has 0 N–H and O–H groups in total. The van der Waals surface area contributed by atoms with Crippen LogP contribution in [0.1, 0.15) is 49.4 Å². The van der Waals surface area contributed by atoms with E-state index in [4.69, 9.17) is 4.74 Å². The second kappa shape index (κ2) is 7.79. The van der Waals surface area contributed by atoms with Crippen molar-refractivity contribution in [1.82, 2.24) is 9.97 Å². The third-order valence-corrected chi connectivity index (χ3v) is 2.26. The Balaban J connectivity index is 2.14. The van der Waals surface area contributed by atoms with E-state index in [0.29, 0.717) is 24.5 Å². The Morgan fingerprint density at radius 3 is 2.50 bits per heavy atom. The molecule has 0 radical (unpaired) electrons. The number of hydrogen-bond acceptors (Lipinski definition) is 4. The van der Waals surface area contributed by atoms with Gasteiger partial charge in [0.25, 0.3) is 0 Å². The highest BCUT2D eigenvalue weighted by atomic mass is 16.5. The van der Waals surface area contributed by atoms with E-state index in [0.717, 1.165) is 6.42 Å². The molecule has 1 aromatic rings. The Hall–Kier alpha value is -1.45. The molecule has 0 saturated carbocycles. The minimum absolute atomic E-state index is 0.348. The van der Waals surface area contributed by atoms with Gasteiger partial charge in [-0.1, -0.05) is 32.6 Å². The number of ether oxygens (including phenoxy) is 1. The molecule has 0 aliphatic rings. The summed E-state index contributed by atoms with van der Waals surface area (Å²) in [6, 6.07) is 0.348. The Morgan fingerprint density at radius 2 is 1.88 bits per heavy atom.